The molecule has 18 nitrogen and oxygen atoms in total. The van der Waals surface area contributed by atoms with E-state index >= 15 is 4.79 Å². The quantitative estimate of drug-likeness (QED) is 0.0571. The van der Waals surface area contributed by atoms with Crippen LogP contribution in [0, 0.1) is 42.9 Å². The first-order chi connectivity index (χ1) is 34.0. The number of nitrogens with one attached hydrogen (secondary N) is 2. The maximum absolute atomic E-state index is 15.0. The predicted octanol–water partition coefficient (Wildman–Crippen LogP) is 4.11. The average molecular weight is 1110 g/mol. The number of rotatable bonds is 7. The summed E-state index contributed by atoms with van der Waals surface area (Å²) in [5, 5.41) is 54.0. The zero-order chi connectivity index (χ0) is 52.6. The minimum absolute atomic E-state index is 0.0480. The molecule has 0 saturated carbocycles. The van der Waals surface area contributed by atoms with Crippen LogP contribution in [0.25, 0.3) is 10.8 Å². The molecule has 6 heterocycles. The molecule has 5 bridgehead atoms. The number of aliphatic hydroxyl groups is 2. The number of carbonyl (C=O) groups excluding carboxylic acids is 4. The number of hydrogen-bond donors (Lipinski definition) is 6. The summed E-state index contributed by atoms with van der Waals surface area (Å²) < 4.78 is 24.7. The number of likely N-dealkylation sites (tertiary alicyclic amines) is 2. The molecule has 0 radical (unpaired) electrons. The normalized spacial score (nSPS) is 31.5. The van der Waals surface area contributed by atoms with Crippen molar-refractivity contribution in [1.82, 2.24) is 15.1 Å². The number of aliphatic hydroxyl groups excluding tert-OH is 2. The number of ether oxygens (including phenoxy) is 4. The van der Waals surface area contributed by atoms with E-state index in [0.29, 0.717) is 29.9 Å². The number of esters is 1. The van der Waals surface area contributed by atoms with Crippen molar-refractivity contribution in [2.45, 2.75) is 126 Å². The minimum atomic E-state index is -2.44. The number of piperidine rings is 2. The molecular weight excluding hydrogens is 1040 g/mol. The van der Waals surface area contributed by atoms with Gasteiger partial charge in [-0.15, -0.1) is 6.42 Å². The van der Waals surface area contributed by atoms with Gasteiger partial charge in [-0.1, -0.05) is 75.4 Å². The van der Waals surface area contributed by atoms with Crippen LogP contribution in [0.1, 0.15) is 89.6 Å². The molecule has 72 heavy (non-hydrogen) atoms. The second-order valence-electron chi connectivity index (χ2n) is 20.4. The van der Waals surface area contributed by atoms with Crippen molar-refractivity contribution in [3.05, 3.63) is 58.0 Å². The van der Waals surface area contributed by atoms with Crippen LogP contribution in [0.5, 0.6) is 17.2 Å². The maximum atomic E-state index is 15.0. The lowest BCUT2D eigenvalue weighted by Crippen LogP contribution is -2.47. The van der Waals surface area contributed by atoms with Crippen LogP contribution in [-0.4, -0.2) is 147 Å². The van der Waals surface area contributed by atoms with E-state index in [4.69, 9.17) is 30.4 Å². The standard InChI is InChI=1S/C53H69IN6O12/c1-11-53-50(67)40-38-39(46(65)33(8)49(40)72-53)47(66)43(42-41(38)57-52(58-42)18-22-60(23-19-52)26-29(4)54)56-51(68)28(3)14-12-13-27(2)44(63)31(6)45(64)32(7)48(30(5)35(69-10)17-24-70-53)71-37(62)25-36(61)55-34-15-20-59(9)21-16-34/h1,12-14,17,24,27,29-32,34-35,44-45,48,57,63-66H,15-16,18-23,25-26H2,2-10H3,(H,55,61)/b13-12+,24-17+,28-14-,56-43?/t27-,29?,30+,31+,32+,35-,44-,45+,48+,53-/m0/s1. The van der Waals surface area contributed by atoms with Crippen LogP contribution >= 0.6 is 22.6 Å². The number of Topliss-reactive ketones (excluding diaryl/α,β-unsaturated/α-hetero) is 1. The molecule has 2 aromatic rings. The van der Waals surface area contributed by atoms with Gasteiger partial charge in [-0.2, -0.15) is 0 Å². The summed E-state index contributed by atoms with van der Waals surface area (Å²) >= 11 is 2.39. The van der Waals surface area contributed by atoms with Crippen molar-refractivity contribution in [2.24, 2.45) is 33.7 Å². The van der Waals surface area contributed by atoms with Crippen LogP contribution in [0.3, 0.4) is 0 Å². The van der Waals surface area contributed by atoms with Crippen LogP contribution in [0.15, 0.2) is 46.1 Å². The van der Waals surface area contributed by atoms with Gasteiger partial charge in [-0.3, -0.25) is 24.2 Å². The molecule has 2 saturated heterocycles. The maximum Gasteiger partial charge on any atom is 0.383 e. The number of hydrogen-bond acceptors (Lipinski definition) is 16. The second kappa shape index (κ2) is 22.2. The summed E-state index contributed by atoms with van der Waals surface area (Å²) in [5.41, 5.74) is -0.569. The molecule has 1 spiro atoms. The second-order valence-corrected chi connectivity index (χ2v) is 22.5. The lowest BCUT2D eigenvalue weighted by atomic mass is 9.78. The number of terminal acetylenes is 1. The largest absolute Gasteiger partial charge is 0.507 e. The Kier molecular flexibility index (Phi) is 16.8. The SMILES string of the molecule is C#C[C@@]12O/C=C/[C@H](OC)[C@@H](C)[C@@H](OC(=O)CC(=O)NC3CCN(C)CC3)[C@H](C)[C@H](O)[C@H](C)[C@@H](O)[C@@H](C)/C=C/C=C(/C)C(=O)N=c3c(O)c4c(O)c(C)c(c(c4c4c3=NC3(CCN(CC(C)I)CC3)N4)C1=O)O2. The van der Waals surface area contributed by atoms with Gasteiger partial charge in [0, 0.05) is 89.7 Å². The topological polar surface area (TPSA) is 241 Å². The van der Waals surface area contributed by atoms with Crippen molar-refractivity contribution < 1.29 is 58.6 Å². The third-order valence-corrected chi connectivity index (χ3v) is 15.5. The molecule has 2 amide bonds. The highest BCUT2D eigenvalue weighted by Gasteiger charge is 2.53. The third kappa shape index (κ3) is 10.9. The van der Waals surface area contributed by atoms with Gasteiger partial charge in [0.15, 0.2) is 5.75 Å². The number of ketones is 1. The molecule has 2 aromatic carbocycles. The van der Waals surface area contributed by atoms with Crippen LogP contribution < -0.4 is 26.1 Å². The number of fused-ring (bicyclic) bond motifs is 13. The van der Waals surface area contributed by atoms with Crippen molar-refractivity contribution in [3.8, 4) is 29.6 Å². The first-order valence-electron chi connectivity index (χ1n) is 24.7. The molecule has 19 heteroatoms. The summed E-state index contributed by atoms with van der Waals surface area (Å²) in [4.78, 5) is 69.8. The Bertz CT molecular complexity index is 2720. The fourth-order valence-corrected chi connectivity index (χ4v) is 11.2. The fourth-order valence-electron chi connectivity index (χ4n) is 10.6. The zero-order valence-corrected chi connectivity index (χ0v) is 44.7. The number of carbonyl (C=O) groups is 4. The van der Waals surface area contributed by atoms with Crippen molar-refractivity contribution in [3.63, 3.8) is 0 Å². The molecule has 6 aliphatic rings. The van der Waals surface area contributed by atoms with E-state index in [0.717, 1.165) is 38.7 Å². The highest BCUT2D eigenvalue weighted by Crippen LogP contribution is 2.51. The van der Waals surface area contributed by atoms with Crippen LogP contribution in [-0.2, 0) is 28.6 Å². The smallest absolute Gasteiger partial charge is 0.383 e. The van der Waals surface area contributed by atoms with Gasteiger partial charge in [0.2, 0.25) is 5.91 Å². The molecule has 2 fully saturated rings. The first-order valence-corrected chi connectivity index (χ1v) is 26.0. The van der Waals surface area contributed by atoms with E-state index in [1.807, 2.05) is 7.05 Å². The molecule has 0 aromatic heterocycles. The lowest BCUT2D eigenvalue weighted by molar-refractivity contribution is -0.164. The Morgan fingerprint density at radius 2 is 1.68 bits per heavy atom. The zero-order valence-electron chi connectivity index (χ0n) is 42.5. The summed E-state index contributed by atoms with van der Waals surface area (Å²) in [6.07, 6.45) is 11.0. The Morgan fingerprint density at radius 3 is 2.32 bits per heavy atom. The molecule has 10 atom stereocenters. The highest BCUT2D eigenvalue weighted by molar-refractivity contribution is 14.1. The molecule has 390 valence electrons. The number of phenols is 2. The summed E-state index contributed by atoms with van der Waals surface area (Å²) in [6, 6.07) is -0.0872. The van der Waals surface area contributed by atoms with Gasteiger partial charge in [-0.25, -0.2) is 4.99 Å². The third-order valence-electron chi connectivity index (χ3n) is 15.1. The minimum Gasteiger partial charge on any atom is -0.507 e. The van der Waals surface area contributed by atoms with E-state index < -0.39 is 101 Å². The molecular formula is C53H69IN6O12. The number of amides is 2. The van der Waals surface area contributed by atoms with Gasteiger partial charge in [0.25, 0.3) is 11.7 Å². The van der Waals surface area contributed by atoms with E-state index in [-0.39, 0.29) is 55.7 Å². The number of nitrogens with zero attached hydrogens (tertiary/aromatic N) is 4. The van der Waals surface area contributed by atoms with Crippen molar-refractivity contribution in [1.29, 1.82) is 0 Å². The monoisotopic (exact) mass is 1110 g/mol. The van der Waals surface area contributed by atoms with E-state index in [1.165, 1.54) is 26.2 Å². The van der Waals surface area contributed by atoms with Crippen LogP contribution in [0.2, 0.25) is 0 Å². The number of halogens is 1. The number of phenolic OH excluding ortho intramolecular Hbond substituents is 2. The predicted molar refractivity (Wildman–Crippen MR) is 277 cm³/mol. The molecule has 8 rings (SSSR count). The number of alkyl halides is 1. The number of allylic oxidation sites excluding steroid dienone is 2. The molecule has 1 unspecified atom stereocenters. The van der Waals surface area contributed by atoms with Crippen molar-refractivity contribution in [2.75, 3.05) is 52.2 Å². The molecule has 6 aliphatic heterocycles. The van der Waals surface area contributed by atoms with E-state index in [1.54, 1.807) is 46.8 Å². The number of anilines is 1. The van der Waals surface area contributed by atoms with Gasteiger partial charge in [0.05, 0.1) is 41.2 Å². The van der Waals surface area contributed by atoms with Gasteiger partial charge in [0.1, 0.15) is 40.4 Å². The van der Waals surface area contributed by atoms with Gasteiger partial charge >= 0.3 is 11.8 Å². The Labute approximate surface area is 434 Å². The van der Waals surface area contributed by atoms with Gasteiger partial charge < -0.3 is 59.8 Å². The Balaban J connectivity index is 1.32. The number of benzene rings is 2. The number of aromatic hydroxyl groups is 2. The van der Waals surface area contributed by atoms with Crippen LogP contribution in [0.4, 0.5) is 5.69 Å². The highest BCUT2D eigenvalue weighted by atomic mass is 127. The fraction of sp³-hybridized carbons (Fsp3) is 0.585. The van der Waals surface area contributed by atoms with E-state index in [2.05, 4.69) is 60.9 Å². The summed E-state index contributed by atoms with van der Waals surface area (Å²) in [7, 11) is 3.42. The number of methoxy groups -OCH3 is 1. The Hall–Kier alpha value is -5.11. The van der Waals surface area contributed by atoms with Gasteiger partial charge in [-0.05, 0) is 58.8 Å². The average Bonchev–Trinajstić information content (AvgIpc) is 3.86. The molecule has 6 N–H and O–H groups in total. The molecule has 0 aliphatic carbocycles. The summed E-state index contributed by atoms with van der Waals surface area (Å²) in [6.45, 7) is 15.8. The van der Waals surface area contributed by atoms with E-state index in [9.17, 15) is 34.8 Å². The summed E-state index contributed by atoms with van der Waals surface area (Å²) in [5.74, 6) is -7.06. The lowest BCUT2D eigenvalue weighted by Gasteiger charge is -2.38. The van der Waals surface area contributed by atoms with Crippen molar-refractivity contribution >= 4 is 62.6 Å². The Morgan fingerprint density at radius 1 is 1.00 bits per heavy atom. The first kappa shape index (κ1) is 54.7.